The standard InChI is InChI=1S/C31H63N/c1-4-6-7-8-9-10-11-12-13-14-15-16-17-18-19-20-21-22-23-24-25-26-27-28-29-30-31-32(3)5-2/h12-13H,4-11,14-31H2,1-3H3/b13-12-. The SMILES string of the molecule is CCCCCCCC/C=C\CCCCCCCCCCCCCCCCCCN(C)CC. The van der Waals surface area contributed by atoms with E-state index in [1.807, 2.05) is 0 Å². The number of nitrogens with zero attached hydrogens (tertiary/aromatic N) is 1. The minimum Gasteiger partial charge on any atom is -0.307 e. The largest absolute Gasteiger partial charge is 0.307 e. The second-order valence-corrected chi connectivity index (χ2v) is 10.4. The van der Waals surface area contributed by atoms with Crippen molar-refractivity contribution in [2.75, 3.05) is 20.1 Å². The van der Waals surface area contributed by atoms with E-state index in [1.54, 1.807) is 0 Å². The van der Waals surface area contributed by atoms with Gasteiger partial charge in [-0.15, -0.1) is 0 Å². The van der Waals surface area contributed by atoms with Gasteiger partial charge in [0.15, 0.2) is 0 Å². The van der Waals surface area contributed by atoms with Gasteiger partial charge in [-0.25, -0.2) is 0 Å². The molecule has 0 aromatic rings. The van der Waals surface area contributed by atoms with Gasteiger partial charge in [0.25, 0.3) is 0 Å². The lowest BCUT2D eigenvalue weighted by Gasteiger charge is -2.12. The molecule has 0 spiro atoms. The van der Waals surface area contributed by atoms with E-state index in [4.69, 9.17) is 0 Å². The highest BCUT2D eigenvalue weighted by molar-refractivity contribution is 4.81. The van der Waals surface area contributed by atoms with Crippen LogP contribution in [0.25, 0.3) is 0 Å². The van der Waals surface area contributed by atoms with Crippen molar-refractivity contribution in [3.63, 3.8) is 0 Å². The van der Waals surface area contributed by atoms with Crippen LogP contribution < -0.4 is 0 Å². The molecule has 0 heterocycles. The molecule has 0 aromatic heterocycles. The van der Waals surface area contributed by atoms with Crippen LogP contribution in [0.3, 0.4) is 0 Å². The Balaban J connectivity index is 3.07. The molecule has 0 aliphatic heterocycles. The summed E-state index contributed by atoms with van der Waals surface area (Å²) >= 11 is 0. The smallest absolute Gasteiger partial charge is 0.00219 e. The second-order valence-electron chi connectivity index (χ2n) is 10.4. The van der Waals surface area contributed by atoms with Gasteiger partial charge < -0.3 is 4.90 Å². The van der Waals surface area contributed by atoms with Crippen LogP contribution in [0.5, 0.6) is 0 Å². The van der Waals surface area contributed by atoms with Crippen molar-refractivity contribution in [1.29, 1.82) is 0 Å². The molecule has 0 amide bonds. The molecule has 0 radical (unpaired) electrons. The zero-order valence-corrected chi connectivity index (χ0v) is 23.0. The molecular weight excluding hydrogens is 386 g/mol. The molecular formula is C31H63N. The van der Waals surface area contributed by atoms with Gasteiger partial charge in [-0.05, 0) is 52.2 Å². The van der Waals surface area contributed by atoms with Crippen LogP contribution in [0.1, 0.15) is 168 Å². The molecule has 0 aromatic carbocycles. The van der Waals surface area contributed by atoms with Crippen molar-refractivity contribution >= 4 is 0 Å². The monoisotopic (exact) mass is 449 g/mol. The van der Waals surface area contributed by atoms with Gasteiger partial charge in [-0.1, -0.05) is 148 Å². The molecule has 1 nitrogen and oxygen atoms in total. The Labute approximate surface area is 205 Å². The Morgan fingerprint density at radius 1 is 0.406 bits per heavy atom. The van der Waals surface area contributed by atoms with Crippen LogP contribution in [0.2, 0.25) is 0 Å². The maximum Gasteiger partial charge on any atom is -0.00219 e. The third-order valence-corrected chi connectivity index (χ3v) is 7.09. The molecule has 192 valence electrons. The van der Waals surface area contributed by atoms with E-state index in [9.17, 15) is 0 Å². The van der Waals surface area contributed by atoms with Crippen molar-refractivity contribution in [2.45, 2.75) is 168 Å². The van der Waals surface area contributed by atoms with E-state index in [0.717, 1.165) is 0 Å². The predicted octanol–water partition coefficient (Wildman–Crippen LogP) is 10.9. The highest BCUT2D eigenvalue weighted by Crippen LogP contribution is 2.14. The zero-order valence-electron chi connectivity index (χ0n) is 23.0. The number of unbranched alkanes of at least 4 members (excludes halogenated alkanes) is 22. The molecule has 0 rings (SSSR count). The average Bonchev–Trinajstić information content (AvgIpc) is 2.81. The van der Waals surface area contributed by atoms with E-state index in [1.165, 1.54) is 167 Å². The first kappa shape index (κ1) is 31.7. The summed E-state index contributed by atoms with van der Waals surface area (Å²) in [6, 6.07) is 0. The van der Waals surface area contributed by atoms with Crippen LogP contribution in [-0.2, 0) is 0 Å². The highest BCUT2D eigenvalue weighted by Gasteiger charge is 1.96. The number of hydrogen-bond acceptors (Lipinski definition) is 1. The Morgan fingerprint density at radius 3 is 1.06 bits per heavy atom. The minimum atomic E-state index is 1.19. The Morgan fingerprint density at radius 2 is 0.719 bits per heavy atom. The van der Waals surface area contributed by atoms with Gasteiger partial charge in [0.2, 0.25) is 0 Å². The van der Waals surface area contributed by atoms with E-state index < -0.39 is 0 Å². The van der Waals surface area contributed by atoms with Crippen LogP contribution in [0.4, 0.5) is 0 Å². The quantitative estimate of drug-likeness (QED) is 0.0889. The van der Waals surface area contributed by atoms with Gasteiger partial charge in [0.1, 0.15) is 0 Å². The fourth-order valence-electron chi connectivity index (χ4n) is 4.56. The van der Waals surface area contributed by atoms with Crippen molar-refractivity contribution in [3.05, 3.63) is 12.2 Å². The van der Waals surface area contributed by atoms with Crippen molar-refractivity contribution in [3.8, 4) is 0 Å². The molecule has 0 fully saturated rings. The van der Waals surface area contributed by atoms with Gasteiger partial charge in [0.05, 0.1) is 0 Å². The van der Waals surface area contributed by atoms with Gasteiger partial charge >= 0.3 is 0 Å². The first-order valence-corrected chi connectivity index (χ1v) is 15.1. The first-order valence-electron chi connectivity index (χ1n) is 15.1. The predicted molar refractivity (Wildman–Crippen MR) is 149 cm³/mol. The van der Waals surface area contributed by atoms with Crippen molar-refractivity contribution in [2.24, 2.45) is 0 Å². The summed E-state index contributed by atoms with van der Waals surface area (Å²) in [5, 5.41) is 0. The summed E-state index contributed by atoms with van der Waals surface area (Å²) in [6.07, 6.45) is 39.3. The van der Waals surface area contributed by atoms with E-state index >= 15 is 0 Å². The summed E-state index contributed by atoms with van der Waals surface area (Å²) in [7, 11) is 2.23. The fourth-order valence-corrected chi connectivity index (χ4v) is 4.56. The summed E-state index contributed by atoms with van der Waals surface area (Å²) in [6.45, 7) is 7.02. The molecule has 0 aliphatic carbocycles. The van der Waals surface area contributed by atoms with Crippen LogP contribution in [0.15, 0.2) is 12.2 Å². The summed E-state index contributed by atoms with van der Waals surface area (Å²) in [5.74, 6) is 0. The molecule has 1 heteroatoms. The molecule has 0 aliphatic rings. The van der Waals surface area contributed by atoms with Gasteiger partial charge in [-0.2, -0.15) is 0 Å². The Hall–Kier alpha value is -0.300. The molecule has 0 atom stereocenters. The number of hydrogen-bond donors (Lipinski definition) is 0. The van der Waals surface area contributed by atoms with Crippen LogP contribution in [-0.4, -0.2) is 25.0 Å². The third kappa shape index (κ3) is 27.7. The van der Waals surface area contributed by atoms with E-state index in [-0.39, 0.29) is 0 Å². The lowest BCUT2D eigenvalue weighted by Crippen LogP contribution is -2.18. The summed E-state index contributed by atoms with van der Waals surface area (Å²) < 4.78 is 0. The maximum atomic E-state index is 2.44. The molecule has 0 unspecified atom stereocenters. The lowest BCUT2D eigenvalue weighted by atomic mass is 10.0. The second kappa shape index (κ2) is 28.7. The van der Waals surface area contributed by atoms with Crippen molar-refractivity contribution in [1.82, 2.24) is 4.90 Å². The maximum absolute atomic E-state index is 2.44. The number of allylic oxidation sites excluding steroid dienone is 2. The van der Waals surface area contributed by atoms with Gasteiger partial charge in [-0.3, -0.25) is 0 Å². The summed E-state index contributed by atoms with van der Waals surface area (Å²) in [5.41, 5.74) is 0. The summed E-state index contributed by atoms with van der Waals surface area (Å²) in [4.78, 5) is 2.43. The fraction of sp³-hybridized carbons (Fsp3) is 0.935. The Bertz CT molecular complexity index is 348. The normalized spacial score (nSPS) is 11.9. The topological polar surface area (TPSA) is 3.24 Å². The third-order valence-electron chi connectivity index (χ3n) is 7.09. The molecule has 0 saturated heterocycles. The Kier molecular flexibility index (Phi) is 28.5. The minimum absolute atomic E-state index is 1.19. The molecule has 32 heavy (non-hydrogen) atoms. The van der Waals surface area contributed by atoms with Crippen LogP contribution in [0, 0.1) is 0 Å². The lowest BCUT2D eigenvalue weighted by molar-refractivity contribution is 0.340. The first-order chi connectivity index (χ1) is 15.8. The van der Waals surface area contributed by atoms with E-state index in [0.29, 0.717) is 0 Å². The van der Waals surface area contributed by atoms with Gasteiger partial charge in [0, 0.05) is 0 Å². The zero-order chi connectivity index (χ0) is 23.4. The highest BCUT2D eigenvalue weighted by atomic mass is 15.1. The van der Waals surface area contributed by atoms with E-state index in [2.05, 4.69) is 37.9 Å². The molecule has 0 N–H and O–H groups in total. The molecule has 0 saturated carbocycles. The van der Waals surface area contributed by atoms with Crippen molar-refractivity contribution < 1.29 is 0 Å². The molecule has 0 bridgehead atoms. The number of rotatable bonds is 27. The van der Waals surface area contributed by atoms with Crippen LogP contribution >= 0.6 is 0 Å². The average molecular weight is 450 g/mol.